The van der Waals surface area contributed by atoms with Gasteiger partial charge in [-0.05, 0) is 56.3 Å². The van der Waals surface area contributed by atoms with Gasteiger partial charge < -0.3 is 19.3 Å². The second-order valence-electron chi connectivity index (χ2n) is 6.66. The molecule has 0 spiro atoms. The van der Waals surface area contributed by atoms with Crippen LogP contribution in [-0.2, 0) is 0 Å². The molecule has 0 bridgehead atoms. The van der Waals surface area contributed by atoms with E-state index in [0.717, 1.165) is 36.8 Å². The van der Waals surface area contributed by atoms with Crippen molar-refractivity contribution in [2.45, 2.75) is 25.3 Å². The van der Waals surface area contributed by atoms with E-state index >= 15 is 0 Å². The molecule has 1 amide bonds. The predicted octanol–water partition coefficient (Wildman–Crippen LogP) is 2.46. The molecule has 0 unspecified atom stereocenters. The van der Waals surface area contributed by atoms with Crippen LogP contribution < -0.4 is 9.47 Å². The van der Waals surface area contributed by atoms with Crippen molar-refractivity contribution >= 4 is 17.7 Å². The molecule has 0 radical (unpaired) electrons. The van der Waals surface area contributed by atoms with Gasteiger partial charge in [-0.3, -0.25) is 4.79 Å². The summed E-state index contributed by atoms with van der Waals surface area (Å²) in [7, 11) is 0. The Morgan fingerprint density at radius 2 is 1.96 bits per heavy atom. The molecule has 3 aliphatic rings. The summed E-state index contributed by atoms with van der Waals surface area (Å²) in [4.78, 5) is 17.7. The molecule has 0 aromatic heterocycles. The van der Waals surface area contributed by atoms with E-state index in [4.69, 9.17) is 9.47 Å². The van der Waals surface area contributed by atoms with E-state index in [-0.39, 0.29) is 12.7 Å². The molecule has 0 aliphatic carbocycles. The predicted molar refractivity (Wildman–Crippen MR) is 95.0 cm³/mol. The second kappa shape index (κ2) is 7.23. The van der Waals surface area contributed by atoms with Crippen LogP contribution in [0, 0.1) is 0 Å². The smallest absolute Gasteiger partial charge is 0.254 e. The Bertz CT molecular complexity index is 604. The van der Waals surface area contributed by atoms with Crippen LogP contribution in [0.25, 0.3) is 0 Å². The van der Waals surface area contributed by atoms with Crippen LogP contribution in [0.1, 0.15) is 29.6 Å². The summed E-state index contributed by atoms with van der Waals surface area (Å²) in [5, 5.41) is 0. The zero-order chi connectivity index (χ0) is 16.4. The van der Waals surface area contributed by atoms with Crippen molar-refractivity contribution in [3.05, 3.63) is 23.8 Å². The summed E-state index contributed by atoms with van der Waals surface area (Å²) in [5.41, 5.74) is 0.706. The van der Waals surface area contributed by atoms with Crippen LogP contribution in [0.15, 0.2) is 18.2 Å². The highest BCUT2D eigenvalue weighted by Gasteiger charge is 2.29. The SMILES string of the molecule is O=C(c1ccc2c(c1)OCO2)N1CCCSC[C@H]1CN1CCCC1. The van der Waals surface area contributed by atoms with Crippen molar-refractivity contribution in [2.75, 3.05) is 44.5 Å². The molecular weight excluding hydrogens is 324 g/mol. The summed E-state index contributed by atoms with van der Waals surface area (Å²) in [6, 6.07) is 5.84. The third-order valence-corrected chi connectivity index (χ3v) is 6.18. The molecule has 1 atom stereocenters. The fourth-order valence-electron chi connectivity index (χ4n) is 3.71. The molecule has 0 saturated carbocycles. The van der Waals surface area contributed by atoms with E-state index < -0.39 is 0 Å². The fraction of sp³-hybridized carbons (Fsp3) is 0.611. The Balaban J connectivity index is 1.52. The number of likely N-dealkylation sites (tertiary alicyclic amines) is 1. The van der Waals surface area contributed by atoms with Gasteiger partial charge in [-0.2, -0.15) is 11.8 Å². The first-order valence-electron chi connectivity index (χ1n) is 8.82. The molecular formula is C18H24N2O3S. The van der Waals surface area contributed by atoms with E-state index in [2.05, 4.69) is 9.80 Å². The lowest BCUT2D eigenvalue weighted by Gasteiger charge is -2.32. The molecule has 1 aromatic carbocycles. The Hall–Kier alpha value is -1.40. The first-order chi connectivity index (χ1) is 11.8. The standard InChI is InChI=1S/C18H24N2O3S/c21-18(14-4-5-16-17(10-14)23-13-22-16)20-8-3-9-24-12-15(20)11-19-6-1-2-7-19/h4-5,10,15H,1-3,6-9,11-13H2/t15-/m1/s1. The highest BCUT2D eigenvalue weighted by atomic mass is 32.2. The van der Waals surface area contributed by atoms with Crippen LogP contribution in [0.4, 0.5) is 0 Å². The number of thioether (sulfide) groups is 1. The summed E-state index contributed by atoms with van der Waals surface area (Å²) < 4.78 is 10.8. The Morgan fingerprint density at radius 1 is 1.12 bits per heavy atom. The van der Waals surface area contributed by atoms with Gasteiger partial charge in [0.1, 0.15) is 0 Å². The Labute approximate surface area is 147 Å². The van der Waals surface area contributed by atoms with Gasteiger partial charge in [0.2, 0.25) is 6.79 Å². The maximum atomic E-state index is 13.1. The molecule has 130 valence electrons. The van der Waals surface area contributed by atoms with Crippen LogP contribution in [-0.4, -0.2) is 66.2 Å². The number of fused-ring (bicyclic) bond motifs is 1. The third-order valence-electron chi connectivity index (χ3n) is 4.99. The molecule has 3 heterocycles. The van der Waals surface area contributed by atoms with Crippen molar-refractivity contribution in [3.63, 3.8) is 0 Å². The normalized spacial score (nSPS) is 24.2. The van der Waals surface area contributed by atoms with Crippen molar-refractivity contribution in [3.8, 4) is 11.5 Å². The summed E-state index contributed by atoms with van der Waals surface area (Å²) in [6.07, 6.45) is 3.64. The van der Waals surface area contributed by atoms with Gasteiger partial charge in [-0.15, -0.1) is 0 Å². The number of ether oxygens (including phenoxy) is 2. The summed E-state index contributed by atoms with van der Waals surface area (Å²) in [5.74, 6) is 3.71. The quantitative estimate of drug-likeness (QED) is 0.839. The van der Waals surface area contributed by atoms with Crippen LogP contribution in [0.2, 0.25) is 0 Å². The van der Waals surface area contributed by atoms with Crippen molar-refractivity contribution in [2.24, 2.45) is 0 Å². The zero-order valence-electron chi connectivity index (χ0n) is 13.9. The lowest BCUT2D eigenvalue weighted by atomic mass is 10.1. The average molecular weight is 348 g/mol. The maximum absolute atomic E-state index is 13.1. The molecule has 2 fully saturated rings. The van der Waals surface area contributed by atoms with E-state index in [9.17, 15) is 4.79 Å². The molecule has 2 saturated heterocycles. The zero-order valence-corrected chi connectivity index (χ0v) is 14.7. The minimum Gasteiger partial charge on any atom is -0.454 e. The van der Waals surface area contributed by atoms with Gasteiger partial charge in [0.05, 0.1) is 6.04 Å². The number of carbonyl (C=O) groups excluding carboxylic acids is 1. The maximum Gasteiger partial charge on any atom is 0.254 e. The Morgan fingerprint density at radius 3 is 2.83 bits per heavy atom. The van der Waals surface area contributed by atoms with E-state index in [1.54, 1.807) is 0 Å². The number of amides is 1. The third kappa shape index (κ3) is 3.35. The summed E-state index contributed by atoms with van der Waals surface area (Å²) in [6.45, 7) is 4.44. The monoisotopic (exact) mass is 348 g/mol. The van der Waals surface area contributed by atoms with Gasteiger partial charge >= 0.3 is 0 Å². The van der Waals surface area contributed by atoms with Gasteiger partial charge in [0.15, 0.2) is 11.5 Å². The van der Waals surface area contributed by atoms with E-state index in [1.807, 2.05) is 30.0 Å². The Kier molecular flexibility index (Phi) is 4.85. The number of hydrogen-bond acceptors (Lipinski definition) is 5. The number of hydrogen-bond donors (Lipinski definition) is 0. The topological polar surface area (TPSA) is 42.0 Å². The van der Waals surface area contributed by atoms with Crippen molar-refractivity contribution in [1.29, 1.82) is 0 Å². The molecule has 5 nitrogen and oxygen atoms in total. The average Bonchev–Trinajstić information content (AvgIpc) is 3.22. The first kappa shape index (κ1) is 16.1. The number of nitrogens with zero attached hydrogens (tertiary/aromatic N) is 2. The molecule has 6 heteroatoms. The molecule has 3 aliphatic heterocycles. The number of rotatable bonds is 3. The van der Waals surface area contributed by atoms with Crippen molar-refractivity contribution in [1.82, 2.24) is 9.80 Å². The molecule has 24 heavy (non-hydrogen) atoms. The fourth-order valence-corrected chi connectivity index (χ4v) is 4.76. The lowest BCUT2D eigenvalue weighted by molar-refractivity contribution is 0.0666. The van der Waals surface area contributed by atoms with Gasteiger partial charge in [-0.25, -0.2) is 0 Å². The minimum absolute atomic E-state index is 0.125. The van der Waals surface area contributed by atoms with Gasteiger partial charge in [0.25, 0.3) is 5.91 Å². The van der Waals surface area contributed by atoms with Crippen LogP contribution in [0.5, 0.6) is 11.5 Å². The lowest BCUT2D eigenvalue weighted by Crippen LogP contribution is -2.47. The number of benzene rings is 1. The summed E-state index contributed by atoms with van der Waals surface area (Å²) >= 11 is 1.98. The van der Waals surface area contributed by atoms with Crippen LogP contribution in [0.3, 0.4) is 0 Å². The largest absolute Gasteiger partial charge is 0.454 e. The molecule has 0 N–H and O–H groups in total. The van der Waals surface area contributed by atoms with Gasteiger partial charge in [-0.1, -0.05) is 0 Å². The second-order valence-corrected chi connectivity index (χ2v) is 7.81. The van der Waals surface area contributed by atoms with E-state index in [0.29, 0.717) is 17.4 Å². The highest BCUT2D eigenvalue weighted by molar-refractivity contribution is 7.99. The minimum atomic E-state index is 0.125. The molecule has 1 aromatic rings. The highest BCUT2D eigenvalue weighted by Crippen LogP contribution is 2.33. The first-order valence-corrected chi connectivity index (χ1v) is 9.97. The number of carbonyl (C=O) groups is 1. The molecule has 4 rings (SSSR count). The van der Waals surface area contributed by atoms with Crippen LogP contribution >= 0.6 is 11.8 Å². The van der Waals surface area contributed by atoms with E-state index in [1.165, 1.54) is 25.9 Å². The van der Waals surface area contributed by atoms with Gasteiger partial charge in [0, 0.05) is 24.4 Å². The van der Waals surface area contributed by atoms with Crippen molar-refractivity contribution < 1.29 is 14.3 Å².